The first-order valence-electron chi connectivity index (χ1n) is 13.2. The van der Waals surface area contributed by atoms with Crippen molar-refractivity contribution < 1.29 is 9.53 Å². The number of hydrogen-bond donors (Lipinski definition) is 0. The number of pyridine rings is 1. The molecule has 0 spiro atoms. The lowest BCUT2D eigenvalue weighted by Gasteiger charge is -2.34. The summed E-state index contributed by atoms with van der Waals surface area (Å²) in [6, 6.07) is 7.84. The summed E-state index contributed by atoms with van der Waals surface area (Å²) in [4.78, 5) is 25.0. The molecule has 0 radical (unpaired) electrons. The van der Waals surface area contributed by atoms with Crippen LogP contribution in [0.1, 0.15) is 69.8 Å². The highest BCUT2D eigenvalue weighted by Gasteiger charge is 2.32. The molecule has 1 amide bonds. The number of aryl methyl sites for hydroxylation is 4. The maximum atomic E-state index is 14.1. The molecule has 4 aromatic rings. The van der Waals surface area contributed by atoms with Gasteiger partial charge >= 0.3 is 0 Å². The highest BCUT2D eigenvalue weighted by Crippen LogP contribution is 2.36. The Morgan fingerprint density at radius 1 is 1.13 bits per heavy atom. The van der Waals surface area contributed by atoms with Gasteiger partial charge in [0.15, 0.2) is 0 Å². The number of benzene rings is 1. The van der Waals surface area contributed by atoms with Crippen LogP contribution in [0.3, 0.4) is 0 Å². The Morgan fingerprint density at radius 2 is 1.90 bits per heavy atom. The average Bonchev–Trinajstić information content (AvgIpc) is 3.41. The van der Waals surface area contributed by atoms with E-state index < -0.39 is 0 Å². The van der Waals surface area contributed by atoms with E-state index in [1.54, 1.807) is 6.07 Å². The first kappa shape index (κ1) is 26.2. The molecule has 0 N–H and O–H groups in total. The molecule has 4 heterocycles. The minimum absolute atomic E-state index is 0.0314. The lowest BCUT2D eigenvalue weighted by atomic mass is 9.87. The molecule has 0 aliphatic carbocycles. The zero-order chi connectivity index (χ0) is 27.8. The normalized spacial score (nSPS) is 13.8. The second-order valence-corrected chi connectivity index (χ2v) is 10.1. The standard InChI is InChI=1S/C30H33N7O2/c1-7-39-29-12-28(32-14-23(29)13-31)20(4)37-9-8-24-25(27-17-35(6)34-19(27)3)10-22(11-26(24)30(37)38)16-36-15-18(2)33-21(36)5/h10-12,14-15,17,20H,7-9,16H2,1-6H3/t20-/m0/s1. The molecule has 9 heteroatoms. The number of carbonyl (C=O) groups excluding carboxylic acids is 1. The summed E-state index contributed by atoms with van der Waals surface area (Å²) < 4.78 is 9.60. The van der Waals surface area contributed by atoms with Crippen LogP contribution < -0.4 is 4.74 Å². The van der Waals surface area contributed by atoms with Crippen molar-refractivity contribution in [3.8, 4) is 22.9 Å². The quantitative estimate of drug-likeness (QED) is 0.349. The van der Waals surface area contributed by atoms with Gasteiger partial charge in [0.05, 0.1) is 29.7 Å². The van der Waals surface area contributed by atoms with Gasteiger partial charge in [-0.05, 0) is 69.9 Å². The number of ether oxygens (including phenoxy) is 1. The van der Waals surface area contributed by atoms with Gasteiger partial charge in [0.2, 0.25) is 0 Å². The molecule has 9 nitrogen and oxygen atoms in total. The van der Waals surface area contributed by atoms with E-state index in [-0.39, 0.29) is 11.9 Å². The minimum atomic E-state index is -0.289. The van der Waals surface area contributed by atoms with Gasteiger partial charge in [-0.2, -0.15) is 10.4 Å². The Balaban J connectivity index is 1.56. The number of aromatic nitrogens is 5. The van der Waals surface area contributed by atoms with E-state index in [9.17, 15) is 10.1 Å². The maximum Gasteiger partial charge on any atom is 0.254 e. The minimum Gasteiger partial charge on any atom is -0.492 e. The molecule has 1 atom stereocenters. The van der Waals surface area contributed by atoms with E-state index in [1.165, 1.54) is 6.20 Å². The predicted octanol–water partition coefficient (Wildman–Crippen LogP) is 4.68. The zero-order valence-corrected chi connectivity index (χ0v) is 23.3. The summed E-state index contributed by atoms with van der Waals surface area (Å²) in [6.07, 6.45) is 6.30. The van der Waals surface area contributed by atoms with Gasteiger partial charge in [-0.25, -0.2) is 4.98 Å². The maximum absolute atomic E-state index is 14.1. The third kappa shape index (κ3) is 4.90. The summed E-state index contributed by atoms with van der Waals surface area (Å²) in [5.41, 5.74) is 7.85. The van der Waals surface area contributed by atoms with Crippen molar-refractivity contribution in [2.75, 3.05) is 13.2 Å². The van der Waals surface area contributed by atoms with Crippen LogP contribution in [-0.4, -0.2) is 48.3 Å². The zero-order valence-electron chi connectivity index (χ0n) is 23.3. The van der Waals surface area contributed by atoms with E-state index >= 15 is 0 Å². The second kappa shape index (κ2) is 10.4. The number of imidazole rings is 1. The van der Waals surface area contributed by atoms with E-state index in [1.807, 2.05) is 69.7 Å². The largest absolute Gasteiger partial charge is 0.492 e. The second-order valence-electron chi connectivity index (χ2n) is 10.1. The van der Waals surface area contributed by atoms with Gasteiger partial charge in [-0.3, -0.25) is 14.5 Å². The van der Waals surface area contributed by atoms with Crippen molar-refractivity contribution in [3.63, 3.8) is 0 Å². The molecule has 200 valence electrons. The van der Waals surface area contributed by atoms with Gasteiger partial charge < -0.3 is 14.2 Å². The Bertz CT molecular complexity index is 1610. The van der Waals surface area contributed by atoms with E-state index in [0.29, 0.717) is 48.7 Å². The number of hydrogen-bond acceptors (Lipinski definition) is 6. The Kier molecular flexibility index (Phi) is 6.96. The molecular weight excluding hydrogens is 490 g/mol. The fourth-order valence-electron chi connectivity index (χ4n) is 5.47. The summed E-state index contributed by atoms with van der Waals surface area (Å²) in [5.74, 6) is 1.39. The Morgan fingerprint density at radius 3 is 2.54 bits per heavy atom. The van der Waals surface area contributed by atoms with Crippen LogP contribution in [0.25, 0.3) is 11.1 Å². The predicted molar refractivity (Wildman–Crippen MR) is 147 cm³/mol. The molecule has 1 aliphatic heterocycles. The summed E-state index contributed by atoms with van der Waals surface area (Å²) in [7, 11) is 1.92. The summed E-state index contributed by atoms with van der Waals surface area (Å²) in [5, 5.41) is 14.0. The fraction of sp³-hybridized carbons (Fsp3) is 0.367. The number of amides is 1. The van der Waals surface area contributed by atoms with Crippen LogP contribution >= 0.6 is 0 Å². The average molecular weight is 524 g/mol. The van der Waals surface area contributed by atoms with Crippen molar-refractivity contribution in [1.82, 2.24) is 29.2 Å². The molecular formula is C30H33N7O2. The van der Waals surface area contributed by atoms with Crippen LogP contribution in [-0.2, 0) is 20.0 Å². The molecule has 3 aromatic heterocycles. The first-order valence-corrected chi connectivity index (χ1v) is 13.2. The van der Waals surface area contributed by atoms with Crippen molar-refractivity contribution in [2.45, 2.75) is 53.6 Å². The molecule has 0 saturated heterocycles. The molecule has 0 bridgehead atoms. The molecule has 1 aromatic carbocycles. The molecule has 39 heavy (non-hydrogen) atoms. The number of rotatable bonds is 7. The van der Waals surface area contributed by atoms with Crippen LogP contribution in [0.2, 0.25) is 0 Å². The molecule has 5 rings (SSSR count). The smallest absolute Gasteiger partial charge is 0.254 e. The lowest BCUT2D eigenvalue weighted by Crippen LogP contribution is -2.40. The Hall–Kier alpha value is -4.45. The van der Waals surface area contributed by atoms with Crippen LogP contribution in [0.15, 0.2) is 36.8 Å². The van der Waals surface area contributed by atoms with Gasteiger partial charge in [0.25, 0.3) is 5.91 Å². The van der Waals surface area contributed by atoms with Gasteiger partial charge in [0.1, 0.15) is 23.2 Å². The number of nitriles is 1. The third-order valence-electron chi connectivity index (χ3n) is 7.36. The molecule has 0 saturated carbocycles. The van der Waals surface area contributed by atoms with Crippen molar-refractivity contribution >= 4 is 5.91 Å². The van der Waals surface area contributed by atoms with E-state index in [2.05, 4.69) is 31.8 Å². The molecule has 0 unspecified atom stereocenters. The van der Waals surface area contributed by atoms with Gasteiger partial charge in [-0.1, -0.05) is 0 Å². The first-order chi connectivity index (χ1) is 18.7. The summed E-state index contributed by atoms with van der Waals surface area (Å²) in [6.45, 7) is 11.4. The highest BCUT2D eigenvalue weighted by molar-refractivity contribution is 5.99. The fourth-order valence-corrected chi connectivity index (χ4v) is 5.47. The summed E-state index contributed by atoms with van der Waals surface area (Å²) >= 11 is 0. The van der Waals surface area contributed by atoms with E-state index in [0.717, 1.165) is 39.5 Å². The van der Waals surface area contributed by atoms with Crippen LogP contribution in [0.5, 0.6) is 5.75 Å². The Labute approximate surface area is 228 Å². The van der Waals surface area contributed by atoms with E-state index in [4.69, 9.17) is 4.74 Å². The molecule has 0 fully saturated rings. The van der Waals surface area contributed by atoms with Crippen molar-refractivity contribution in [1.29, 1.82) is 5.26 Å². The van der Waals surface area contributed by atoms with Gasteiger partial charge in [0, 0.05) is 55.9 Å². The lowest BCUT2D eigenvalue weighted by molar-refractivity contribution is 0.0669. The molecule has 1 aliphatic rings. The highest BCUT2D eigenvalue weighted by atomic mass is 16.5. The number of fused-ring (bicyclic) bond motifs is 1. The van der Waals surface area contributed by atoms with Crippen molar-refractivity contribution in [3.05, 3.63) is 81.9 Å². The van der Waals surface area contributed by atoms with Crippen LogP contribution in [0, 0.1) is 32.1 Å². The van der Waals surface area contributed by atoms with Gasteiger partial charge in [-0.15, -0.1) is 0 Å². The monoisotopic (exact) mass is 523 g/mol. The van der Waals surface area contributed by atoms with Crippen LogP contribution in [0.4, 0.5) is 0 Å². The number of carbonyl (C=O) groups is 1. The van der Waals surface area contributed by atoms with Crippen molar-refractivity contribution in [2.24, 2.45) is 7.05 Å². The number of nitrogens with zero attached hydrogens (tertiary/aromatic N) is 7. The SMILES string of the molecule is CCOc1cc([C@H](C)N2CCc3c(cc(Cn4cc(C)nc4C)cc3-c3cn(C)nc3C)C2=O)ncc1C#N. The topological polar surface area (TPSA) is 102 Å². The third-order valence-corrected chi connectivity index (χ3v) is 7.36.